The van der Waals surface area contributed by atoms with Crippen LogP contribution in [0.25, 0.3) is 0 Å². The molecule has 2 rings (SSSR count). The lowest BCUT2D eigenvalue weighted by Gasteiger charge is -2.27. The van der Waals surface area contributed by atoms with Crippen LogP contribution in [0.2, 0.25) is 0 Å². The molecular formula is C13H15BrO4. The number of rotatable bonds is 3. The Morgan fingerprint density at radius 1 is 1.50 bits per heavy atom. The Morgan fingerprint density at radius 2 is 2.17 bits per heavy atom. The van der Waals surface area contributed by atoms with E-state index in [9.17, 15) is 4.79 Å². The summed E-state index contributed by atoms with van der Waals surface area (Å²) in [5, 5.41) is 9.04. The first-order chi connectivity index (χ1) is 8.33. The summed E-state index contributed by atoms with van der Waals surface area (Å²) in [5.74, 6) is 0.509. The predicted molar refractivity (Wildman–Crippen MR) is 70.3 cm³/mol. The first-order valence-corrected chi connectivity index (χ1v) is 6.43. The number of hydrogen-bond donors (Lipinski definition) is 1. The van der Waals surface area contributed by atoms with Gasteiger partial charge in [-0.25, -0.2) is 0 Å². The molecular weight excluding hydrogens is 300 g/mol. The smallest absolute Gasteiger partial charge is 0.304 e. The Bertz CT molecular complexity index is 508. The molecule has 0 amide bonds. The Kier molecular flexibility index (Phi) is 3.27. The second kappa shape index (κ2) is 4.46. The van der Waals surface area contributed by atoms with E-state index in [-0.39, 0.29) is 13.2 Å². The molecule has 0 aliphatic carbocycles. The summed E-state index contributed by atoms with van der Waals surface area (Å²) in [5.41, 5.74) is 1.37. The van der Waals surface area contributed by atoms with Crippen molar-refractivity contribution in [3.05, 3.63) is 21.7 Å². The molecule has 0 saturated carbocycles. The number of fused-ring (bicyclic) bond motifs is 1. The van der Waals surface area contributed by atoms with E-state index in [0.717, 1.165) is 15.6 Å². The fraction of sp³-hybridized carbons (Fsp3) is 0.462. The highest BCUT2D eigenvalue weighted by atomic mass is 79.9. The molecule has 0 radical (unpaired) electrons. The number of carboxylic acids is 1. The van der Waals surface area contributed by atoms with E-state index >= 15 is 0 Å². The van der Waals surface area contributed by atoms with Gasteiger partial charge in [-0.1, -0.05) is 29.8 Å². The average molecular weight is 315 g/mol. The van der Waals surface area contributed by atoms with Crippen molar-refractivity contribution in [3.63, 3.8) is 0 Å². The van der Waals surface area contributed by atoms with Crippen molar-refractivity contribution in [3.8, 4) is 11.5 Å². The number of carbonyl (C=O) groups is 1. The fourth-order valence-electron chi connectivity index (χ4n) is 2.39. The lowest BCUT2D eigenvalue weighted by Crippen LogP contribution is -2.23. The lowest BCUT2D eigenvalue weighted by atomic mass is 9.78. The van der Waals surface area contributed by atoms with Gasteiger partial charge in [0.15, 0.2) is 11.5 Å². The summed E-state index contributed by atoms with van der Waals surface area (Å²) in [6, 6.07) is 1.86. The van der Waals surface area contributed by atoms with Crippen LogP contribution in [0, 0.1) is 6.92 Å². The summed E-state index contributed by atoms with van der Waals surface area (Å²) in [4.78, 5) is 11.0. The molecule has 1 aromatic carbocycles. The van der Waals surface area contributed by atoms with E-state index in [1.54, 1.807) is 0 Å². The number of halogens is 1. The van der Waals surface area contributed by atoms with Gasteiger partial charge in [0.25, 0.3) is 0 Å². The standard InChI is InChI=1S/C13H15BrO4/c1-7-8(14)4-9-12(18-6-17-9)11(7)13(2,3)5-10(15)16/h4H,5-6H2,1-3H3,(H,15,16). The van der Waals surface area contributed by atoms with Crippen LogP contribution >= 0.6 is 15.9 Å². The zero-order valence-electron chi connectivity index (χ0n) is 10.5. The predicted octanol–water partition coefficient (Wildman–Crippen LogP) is 3.24. The molecule has 0 fully saturated rings. The van der Waals surface area contributed by atoms with Gasteiger partial charge in [0.2, 0.25) is 6.79 Å². The number of benzene rings is 1. The van der Waals surface area contributed by atoms with Crippen LogP contribution in [-0.2, 0) is 10.2 Å². The molecule has 98 valence electrons. The summed E-state index contributed by atoms with van der Waals surface area (Å²) in [6.45, 7) is 5.93. The van der Waals surface area contributed by atoms with Gasteiger partial charge in [0.1, 0.15) is 0 Å². The molecule has 0 spiro atoms. The van der Waals surface area contributed by atoms with E-state index in [2.05, 4.69) is 15.9 Å². The summed E-state index contributed by atoms with van der Waals surface area (Å²) < 4.78 is 11.8. The zero-order valence-corrected chi connectivity index (χ0v) is 12.1. The van der Waals surface area contributed by atoms with Crippen LogP contribution in [0.5, 0.6) is 11.5 Å². The van der Waals surface area contributed by atoms with Crippen molar-refractivity contribution in [2.75, 3.05) is 6.79 Å². The molecule has 1 N–H and O–H groups in total. The Balaban J connectivity index is 2.59. The quantitative estimate of drug-likeness (QED) is 0.930. The molecule has 0 bridgehead atoms. The third-order valence-electron chi connectivity index (χ3n) is 3.13. The fourth-order valence-corrected chi connectivity index (χ4v) is 2.79. The Hall–Kier alpha value is -1.23. The van der Waals surface area contributed by atoms with Crippen molar-refractivity contribution in [2.24, 2.45) is 0 Å². The molecule has 0 saturated heterocycles. The highest BCUT2D eigenvalue weighted by molar-refractivity contribution is 9.10. The second-order valence-electron chi connectivity index (χ2n) is 5.05. The normalized spacial score (nSPS) is 13.8. The maximum absolute atomic E-state index is 11.0. The molecule has 0 aromatic heterocycles. The Morgan fingerprint density at radius 3 is 2.78 bits per heavy atom. The maximum Gasteiger partial charge on any atom is 0.304 e. The van der Waals surface area contributed by atoms with Gasteiger partial charge in [0.05, 0.1) is 6.42 Å². The van der Waals surface area contributed by atoms with Crippen LogP contribution in [0.4, 0.5) is 0 Å². The minimum atomic E-state index is -0.827. The highest BCUT2D eigenvalue weighted by Crippen LogP contribution is 2.47. The van der Waals surface area contributed by atoms with Gasteiger partial charge in [-0.2, -0.15) is 0 Å². The monoisotopic (exact) mass is 314 g/mol. The lowest BCUT2D eigenvalue weighted by molar-refractivity contribution is -0.138. The molecule has 4 nitrogen and oxygen atoms in total. The highest BCUT2D eigenvalue weighted by Gasteiger charge is 2.34. The van der Waals surface area contributed by atoms with Gasteiger partial charge in [-0.15, -0.1) is 0 Å². The van der Waals surface area contributed by atoms with Crippen molar-refractivity contribution in [1.29, 1.82) is 0 Å². The van der Waals surface area contributed by atoms with Crippen molar-refractivity contribution < 1.29 is 19.4 Å². The first-order valence-electron chi connectivity index (χ1n) is 5.64. The van der Waals surface area contributed by atoms with Gasteiger partial charge in [0, 0.05) is 15.5 Å². The largest absolute Gasteiger partial charge is 0.481 e. The van der Waals surface area contributed by atoms with Crippen LogP contribution in [0.15, 0.2) is 10.5 Å². The second-order valence-corrected chi connectivity index (χ2v) is 5.90. The molecule has 18 heavy (non-hydrogen) atoms. The summed E-state index contributed by atoms with van der Waals surface area (Å²) in [7, 11) is 0. The molecule has 1 aliphatic heterocycles. The minimum absolute atomic E-state index is 0.0418. The molecule has 0 atom stereocenters. The van der Waals surface area contributed by atoms with Crippen molar-refractivity contribution in [1.82, 2.24) is 0 Å². The average Bonchev–Trinajstić information content (AvgIpc) is 2.63. The molecule has 1 aromatic rings. The van der Waals surface area contributed by atoms with Crippen molar-refractivity contribution >= 4 is 21.9 Å². The van der Waals surface area contributed by atoms with Crippen LogP contribution in [0.1, 0.15) is 31.4 Å². The van der Waals surface area contributed by atoms with E-state index < -0.39 is 11.4 Å². The van der Waals surface area contributed by atoms with E-state index in [1.807, 2.05) is 26.8 Å². The van der Waals surface area contributed by atoms with E-state index in [0.29, 0.717) is 11.5 Å². The number of aliphatic carboxylic acids is 1. The third kappa shape index (κ3) is 2.19. The van der Waals surface area contributed by atoms with E-state index in [1.165, 1.54) is 0 Å². The first kappa shape index (κ1) is 13.2. The summed E-state index contributed by atoms with van der Waals surface area (Å²) >= 11 is 3.48. The summed E-state index contributed by atoms with van der Waals surface area (Å²) in [6.07, 6.45) is 0.0418. The van der Waals surface area contributed by atoms with Crippen LogP contribution in [-0.4, -0.2) is 17.9 Å². The van der Waals surface area contributed by atoms with Crippen LogP contribution in [0.3, 0.4) is 0 Å². The van der Waals surface area contributed by atoms with Gasteiger partial charge < -0.3 is 14.6 Å². The topological polar surface area (TPSA) is 55.8 Å². The van der Waals surface area contributed by atoms with Gasteiger partial charge >= 0.3 is 5.97 Å². The van der Waals surface area contributed by atoms with Gasteiger partial charge in [-0.05, 0) is 18.6 Å². The molecule has 0 unspecified atom stereocenters. The molecule has 5 heteroatoms. The number of hydrogen-bond acceptors (Lipinski definition) is 3. The number of ether oxygens (including phenoxy) is 2. The number of carboxylic acid groups (broad SMARTS) is 1. The maximum atomic E-state index is 11.0. The molecule has 1 aliphatic rings. The van der Waals surface area contributed by atoms with E-state index in [4.69, 9.17) is 14.6 Å². The third-order valence-corrected chi connectivity index (χ3v) is 3.95. The Labute approximate surface area is 114 Å². The minimum Gasteiger partial charge on any atom is -0.481 e. The zero-order chi connectivity index (χ0) is 13.5. The van der Waals surface area contributed by atoms with Crippen molar-refractivity contribution in [2.45, 2.75) is 32.6 Å². The molecule has 1 heterocycles. The SMILES string of the molecule is Cc1c(Br)cc2c(c1C(C)(C)CC(=O)O)OCO2. The van der Waals surface area contributed by atoms with Crippen LogP contribution < -0.4 is 9.47 Å². The van der Waals surface area contributed by atoms with Gasteiger partial charge in [-0.3, -0.25) is 4.79 Å².